The molecule has 146 valence electrons. The Morgan fingerprint density at radius 2 is 2.07 bits per heavy atom. The number of nitrogens with one attached hydrogen (secondary N) is 1. The second kappa shape index (κ2) is 7.15. The number of hydrogen-bond donors (Lipinski definition) is 1. The monoisotopic (exact) mass is 402 g/mol. The molecule has 2 aromatic rings. The predicted octanol–water partition coefficient (Wildman–Crippen LogP) is 0.371. The number of carbonyl (C=O) groups excluding carboxylic acids is 2. The summed E-state index contributed by atoms with van der Waals surface area (Å²) in [4.78, 5) is 29.2. The Morgan fingerprint density at radius 3 is 2.79 bits per heavy atom. The molecule has 28 heavy (non-hydrogen) atoms. The lowest BCUT2D eigenvalue weighted by molar-refractivity contribution is -0.133. The van der Waals surface area contributed by atoms with Gasteiger partial charge in [-0.2, -0.15) is 10.2 Å². The minimum absolute atomic E-state index is 0.0292. The average Bonchev–Trinajstić information content (AvgIpc) is 3.32. The van der Waals surface area contributed by atoms with Crippen molar-refractivity contribution in [3.63, 3.8) is 0 Å². The summed E-state index contributed by atoms with van der Waals surface area (Å²) in [7, 11) is -3.17. The van der Waals surface area contributed by atoms with Crippen LogP contribution >= 0.6 is 0 Å². The highest BCUT2D eigenvalue weighted by Gasteiger charge is 2.37. The maximum absolute atomic E-state index is 12.7. The van der Waals surface area contributed by atoms with Gasteiger partial charge in [-0.05, 0) is 24.6 Å². The zero-order chi connectivity index (χ0) is 19.7. The molecule has 0 bridgehead atoms. The first-order chi connectivity index (χ1) is 13.4. The molecule has 2 aliphatic heterocycles. The molecule has 4 heterocycles. The van der Waals surface area contributed by atoms with Crippen molar-refractivity contribution in [3.05, 3.63) is 36.8 Å². The van der Waals surface area contributed by atoms with E-state index >= 15 is 0 Å². The van der Waals surface area contributed by atoms with Crippen LogP contribution in [0.4, 0.5) is 5.69 Å². The molecule has 4 rings (SSSR count). The molecule has 0 aromatic carbocycles. The molecule has 0 spiro atoms. The Balaban J connectivity index is 1.56. The minimum Gasteiger partial charge on any atom is -0.318 e. The van der Waals surface area contributed by atoms with Gasteiger partial charge in [-0.3, -0.25) is 9.59 Å². The topological polar surface area (TPSA) is 127 Å². The van der Waals surface area contributed by atoms with E-state index in [4.69, 9.17) is 0 Å². The first-order valence-corrected chi connectivity index (χ1v) is 10.6. The summed E-state index contributed by atoms with van der Waals surface area (Å²) in [6.07, 6.45) is 5.53. The summed E-state index contributed by atoms with van der Waals surface area (Å²) >= 11 is 0. The molecule has 0 saturated carbocycles. The molecule has 11 heteroatoms. The minimum atomic E-state index is -3.17. The van der Waals surface area contributed by atoms with E-state index in [1.54, 1.807) is 36.8 Å². The largest absolute Gasteiger partial charge is 0.318 e. The second-order valence-corrected chi connectivity index (χ2v) is 8.85. The second-order valence-electron chi connectivity index (χ2n) is 6.62. The van der Waals surface area contributed by atoms with Crippen molar-refractivity contribution in [1.82, 2.24) is 19.8 Å². The first kappa shape index (κ1) is 18.3. The van der Waals surface area contributed by atoms with Gasteiger partial charge in [0.1, 0.15) is 5.71 Å². The summed E-state index contributed by atoms with van der Waals surface area (Å²) < 4.78 is 25.0. The van der Waals surface area contributed by atoms with E-state index in [0.717, 1.165) is 0 Å². The van der Waals surface area contributed by atoms with Crippen LogP contribution in [0.15, 0.2) is 41.9 Å². The molecule has 1 fully saturated rings. The van der Waals surface area contributed by atoms with Crippen LogP contribution in [-0.4, -0.2) is 63.3 Å². The van der Waals surface area contributed by atoms with E-state index in [-0.39, 0.29) is 36.0 Å². The van der Waals surface area contributed by atoms with Crippen molar-refractivity contribution < 1.29 is 18.0 Å². The zero-order valence-corrected chi connectivity index (χ0v) is 15.7. The van der Waals surface area contributed by atoms with E-state index in [9.17, 15) is 18.0 Å². The maximum Gasteiger partial charge on any atom is 0.271 e. The van der Waals surface area contributed by atoms with Crippen molar-refractivity contribution in [2.75, 3.05) is 16.8 Å². The molecule has 0 aliphatic carbocycles. The van der Waals surface area contributed by atoms with Crippen LogP contribution in [0, 0.1) is 0 Å². The zero-order valence-electron chi connectivity index (χ0n) is 14.9. The number of hydrazone groups is 1. The van der Waals surface area contributed by atoms with Gasteiger partial charge in [0, 0.05) is 31.4 Å². The number of aromatic nitrogens is 3. The van der Waals surface area contributed by atoms with Crippen LogP contribution in [0.1, 0.15) is 19.3 Å². The lowest BCUT2D eigenvalue weighted by Crippen LogP contribution is -2.42. The SMILES string of the molecule is O=C(Nc1cccnc1-n1cccn1)C1=NN([C@H]2CCS(=O)(=O)C2)C(=O)CC1. The quantitative estimate of drug-likeness (QED) is 0.787. The fourth-order valence-corrected chi connectivity index (χ4v) is 4.95. The van der Waals surface area contributed by atoms with Gasteiger partial charge in [-0.25, -0.2) is 23.1 Å². The Kier molecular flexibility index (Phi) is 4.67. The maximum atomic E-state index is 12.7. The number of carbonyl (C=O) groups is 2. The highest BCUT2D eigenvalue weighted by atomic mass is 32.2. The van der Waals surface area contributed by atoms with Gasteiger partial charge in [-0.1, -0.05) is 0 Å². The van der Waals surface area contributed by atoms with Gasteiger partial charge in [-0.15, -0.1) is 0 Å². The number of rotatable bonds is 4. The molecule has 1 N–H and O–H groups in total. The van der Waals surface area contributed by atoms with Crippen LogP contribution in [0.25, 0.3) is 5.82 Å². The Labute approximate surface area is 161 Å². The molecule has 10 nitrogen and oxygen atoms in total. The average molecular weight is 402 g/mol. The molecule has 0 unspecified atom stereocenters. The molecular formula is C17H18N6O4S. The molecule has 1 atom stereocenters. The smallest absolute Gasteiger partial charge is 0.271 e. The number of anilines is 1. The lowest BCUT2D eigenvalue weighted by atomic mass is 10.1. The summed E-state index contributed by atoms with van der Waals surface area (Å²) in [5.41, 5.74) is 0.630. The van der Waals surface area contributed by atoms with E-state index in [2.05, 4.69) is 20.5 Å². The van der Waals surface area contributed by atoms with E-state index in [1.807, 2.05) is 0 Å². The van der Waals surface area contributed by atoms with Crippen LogP contribution in [0.5, 0.6) is 0 Å². The van der Waals surface area contributed by atoms with Crippen molar-refractivity contribution in [2.24, 2.45) is 5.10 Å². The Morgan fingerprint density at radius 1 is 1.21 bits per heavy atom. The third kappa shape index (κ3) is 3.65. The molecule has 0 radical (unpaired) electrons. The van der Waals surface area contributed by atoms with Crippen molar-refractivity contribution >= 4 is 33.1 Å². The van der Waals surface area contributed by atoms with Gasteiger partial charge < -0.3 is 5.32 Å². The fraction of sp³-hybridized carbons (Fsp3) is 0.353. The number of nitrogens with zero attached hydrogens (tertiary/aromatic N) is 5. The third-order valence-corrected chi connectivity index (χ3v) is 6.38. The molecule has 2 aliphatic rings. The number of pyridine rings is 1. The normalized spacial score (nSPS) is 21.4. The van der Waals surface area contributed by atoms with Gasteiger partial charge in [0.2, 0.25) is 5.91 Å². The lowest BCUT2D eigenvalue weighted by Gasteiger charge is -2.27. The van der Waals surface area contributed by atoms with Gasteiger partial charge in [0.05, 0.1) is 23.2 Å². The van der Waals surface area contributed by atoms with Crippen LogP contribution in [0.2, 0.25) is 0 Å². The van der Waals surface area contributed by atoms with Crippen LogP contribution < -0.4 is 5.32 Å². The summed E-state index contributed by atoms with van der Waals surface area (Å²) in [5, 5.41) is 12.2. The first-order valence-electron chi connectivity index (χ1n) is 8.79. The van der Waals surface area contributed by atoms with Crippen LogP contribution in [0.3, 0.4) is 0 Å². The Hall–Kier alpha value is -3.08. The fourth-order valence-electron chi connectivity index (χ4n) is 3.25. The number of amides is 2. The van der Waals surface area contributed by atoms with Crippen LogP contribution in [-0.2, 0) is 19.4 Å². The summed E-state index contributed by atoms with van der Waals surface area (Å²) in [6, 6.07) is 4.60. The van der Waals surface area contributed by atoms with Crippen molar-refractivity contribution in [3.8, 4) is 5.82 Å². The molecular weight excluding hydrogens is 384 g/mol. The summed E-state index contributed by atoms with van der Waals surface area (Å²) in [6.45, 7) is 0. The molecule has 1 saturated heterocycles. The highest BCUT2D eigenvalue weighted by molar-refractivity contribution is 7.91. The molecule has 2 aromatic heterocycles. The predicted molar refractivity (Wildman–Crippen MR) is 101 cm³/mol. The standard InChI is InChI=1S/C17H18N6O4S/c24-15-5-4-14(21-23(15)12-6-10-28(26,27)11-12)17(25)20-13-3-1-7-18-16(13)22-9-2-8-19-22/h1-3,7-9,12H,4-6,10-11H2,(H,20,25)/t12-/m0/s1. The van der Waals surface area contributed by atoms with Gasteiger partial charge in [0.15, 0.2) is 15.7 Å². The third-order valence-electron chi connectivity index (χ3n) is 4.63. The highest BCUT2D eigenvalue weighted by Crippen LogP contribution is 2.23. The van der Waals surface area contributed by atoms with Crippen molar-refractivity contribution in [1.29, 1.82) is 0 Å². The number of hydrogen-bond acceptors (Lipinski definition) is 7. The Bertz CT molecular complexity index is 1050. The van der Waals surface area contributed by atoms with E-state index < -0.39 is 21.8 Å². The van der Waals surface area contributed by atoms with Gasteiger partial charge in [0.25, 0.3) is 5.91 Å². The molecule has 2 amide bonds. The van der Waals surface area contributed by atoms with Gasteiger partial charge >= 0.3 is 0 Å². The van der Waals surface area contributed by atoms with Crippen molar-refractivity contribution in [2.45, 2.75) is 25.3 Å². The summed E-state index contributed by atoms with van der Waals surface area (Å²) in [5.74, 6) is -0.367. The van der Waals surface area contributed by atoms with E-state index in [0.29, 0.717) is 17.9 Å². The number of sulfone groups is 1. The van der Waals surface area contributed by atoms with E-state index in [1.165, 1.54) is 9.69 Å².